The Labute approximate surface area is 106 Å². The number of nitrogens with one attached hydrogen (secondary N) is 1. The van der Waals surface area contributed by atoms with Gasteiger partial charge in [0, 0.05) is 22.2 Å². The van der Waals surface area contributed by atoms with E-state index in [2.05, 4.69) is 36.3 Å². The number of rotatable bonds is 4. The standard InChI is InChI=1S/C13H17N3S/c1-9(7-12-5-3-10(2)17-12)16-13-6-4-11(14)8-15-13/h3-6,8-9H,7,14H2,1-2H3,(H,15,16). The fourth-order valence-electron chi connectivity index (χ4n) is 1.69. The molecule has 2 rings (SSSR count). The highest BCUT2D eigenvalue weighted by Gasteiger charge is 2.05. The number of hydrogen-bond acceptors (Lipinski definition) is 4. The molecule has 2 aromatic heterocycles. The van der Waals surface area contributed by atoms with Crippen molar-refractivity contribution in [1.29, 1.82) is 0 Å². The van der Waals surface area contributed by atoms with Crippen LogP contribution in [0.4, 0.5) is 11.5 Å². The Morgan fingerprint density at radius 3 is 2.76 bits per heavy atom. The zero-order valence-corrected chi connectivity index (χ0v) is 10.9. The first-order valence-electron chi connectivity index (χ1n) is 5.67. The minimum Gasteiger partial charge on any atom is -0.397 e. The maximum Gasteiger partial charge on any atom is 0.126 e. The number of aromatic nitrogens is 1. The SMILES string of the molecule is Cc1ccc(CC(C)Nc2ccc(N)cn2)s1. The van der Waals surface area contributed by atoms with Crippen molar-refractivity contribution < 1.29 is 0 Å². The smallest absolute Gasteiger partial charge is 0.126 e. The van der Waals surface area contributed by atoms with Crippen molar-refractivity contribution >= 4 is 22.8 Å². The monoisotopic (exact) mass is 247 g/mol. The summed E-state index contributed by atoms with van der Waals surface area (Å²) in [5, 5.41) is 3.37. The molecule has 90 valence electrons. The van der Waals surface area contributed by atoms with E-state index in [9.17, 15) is 0 Å². The van der Waals surface area contributed by atoms with Crippen LogP contribution in [0.2, 0.25) is 0 Å². The summed E-state index contributed by atoms with van der Waals surface area (Å²) in [4.78, 5) is 6.99. The number of pyridine rings is 1. The van der Waals surface area contributed by atoms with Crippen molar-refractivity contribution in [3.8, 4) is 0 Å². The molecular formula is C13H17N3S. The maximum atomic E-state index is 5.60. The van der Waals surface area contributed by atoms with Crippen LogP contribution in [-0.2, 0) is 6.42 Å². The molecule has 0 aliphatic carbocycles. The molecule has 0 saturated carbocycles. The first kappa shape index (κ1) is 11.9. The van der Waals surface area contributed by atoms with Crippen LogP contribution < -0.4 is 11.1 Å². The number of thiophene rings is 1. The second kappa shape index (κ2) is 5.19. The predicted octanol–water partition coefficient (Wildman–Crippen LogP) is 3.08. The van der Waals surface area contributed by atoms with Crippen LogP contribution in [0.25, 0.3) is 0 Å². The molecule has 0 saturated heterocycles. The van der Waals surface area contributed by atoms with Crippen LogP contribution in [0.1, 0.15) is 16.7 Å². The summed E-state index contributed by atoms with van der Waals surface area (Å²) in [5.74, 6) is 0.875. The van der Waals surface area contributed by atoms with Crippen LogP contribution >= 0.6 is 11.3 Å². The van der Waals surface area contributed by atoms with Crippen LogP contribution in [0.3, 0.4) is 0 Å². The van der Waals surface area contributed by atoms with Crippen LogP contribution in [0.15, 0.2) is 30.5 Å². The summed E-state index contributed by atoms with van der Waals surface area (Å²) in [6.07, 6.45) is 2.69. The Balaban J connectivity index is 1.93. The van der Waals surface area contributed by atoms with Gasteiger partial charge in [0.25, 0.3) is 0 Å². The molecule has 0 spiro atoms. The third kappa shape index (κ3) is 3.46. The fraction of sp³-hybridized carbons (Fsp3) is 0.308. The van der Waals surface area contributed by atoms with Gasteiger partial charge in [-0.05, 0) is 38.1 Å². The molecule has 0 aromatic carbocycles. The first-order valence-corrected chi connectivity index (χ1v) is 6.48. The average Bonchev–Trinajstić information content (AvgIpc) is 2.67. The Kier molecular flexibility index (Phi) is 3.64. The summed E-state index contributed by atoms with van der Waals surface area (Å²) in [7, 11) is 0. The molecule has 0 aliphatic heterocycles. The van der Waals surface area contributed by atoms with Crippen LogP contribution in [0.5, 0.6) is 0 Å². The normalized spacial score (nSPS) is 12.4. The van der Waals surface area contributed by atoms with Gasteiger partial charge < -0.3 is 11.1 Å². The molecular weight excluding hydrogens is 230 g/mol. The van der Waals surface area contributed by atoms with Gasteiger partial charge in [0.05, 0.1) is 11.9 Å². The third-order valence-corrected chi connectivity index (χ3v) is 3.51. The van der Waals surface area contributed by atoms with Crippen molar-refractivity contribution in [1.82, 2.24) is 4.98 Å². The maximum absolute atomic E-state index is 5.60. The zero-order chi connectivity index (χ0) is 12.3. The number of nitrogen functional groups attached to an aromatic ring is 1. The summed E-state index contributed by atoms with van der Waals surface area (Å²) in [5.41, 5.74) is 6.29. The Morgan fingerprint density at radius 2 is 2.18 bits per heavy atom. The Hall–Kier alpha value is -1.55. The van der Waals surface area contributed by atoms with E-state index in [-0.39, 0.29) is 0 Å². The minimum atomic E-state index is 0.365. The van der Waals surface area contributed by atoms with Crippen molar-refractivity contribution in [3.63, 3.8) is 0 Å². The lowest BCUT2D eigenvalue weighted by atomic mass is 10.2. The molecule has 0 fully saturated rings. The molecule has 2 aromatic rings. The molecule has 0 radical (unpaired) electrons. The second-order valence-electron chi connectivity index (χ2n) is 4.24. The molecule has 17 heavy (non-hydrogen) atoms. The highest BCUT2D eigenvalue weighted by Crippen LogP contribution is 2.18. The number of hydrogen-bond donors (Lipinski definition) is 2. The van der Waals surface area contributed by atoms with Gasteiger partial charge in [0.2, 0.25) is 0 Å². The number of anilines is 2. The van der Waals surface area contributed by atoms with Gasteiger partial charge in [0.15, 0.2) is 0 Å². The lowest BCUT2D eigenvalue weighted by Crippen LogP contribution is -2.18. The van der Waals surface area contributed by atoms with Gasteiger partial charge in [-0.1, -0.05) is 0 Å². The number of nitrogens with two attached hydrogens (primary N) is 1. The summed E-state index contributed by atoms with van der Waals surface area (Å²) in [6, 6.07) is 8.48. The highest BCUT2D eigenvalue weighted by atomic mass is 32.1. The molecule has 1 atom stereocenters. The van der Waals surface area contributed by atoms with E-state index in [1.54, 1.807) is 6.20 Å². The molecule has 4 heteroatoms. The van der Waals surface area contributed by atoms with Crippen LogP contribution in [0, 0.1) is 6.92 Å². The fourth-order valence-corrected chi connectivity index (χ4v) is 2.71. The van der Waals surface area contributed by atoms with Gasteiger partial charge in [-0.2, -0.15) is 0 Å². The van der Waals surface area contributed by atoms with Crippen molar-refractivity contribution in [2.75, 3.05) is 11.1 Å². The lowest BCUT2D eigenvalue weighted by Gasteiger charge is -2.13. The van der Waals surface area contributed by atoms with Crippen molar-refractivity contribution in [2.45, 2.75) is 26.3 Å². The van der Waals surface area contributed by atoms with E-state index >= 15 is 0 Å². The van der Waals surface area contributed by atoms with Gasteiger partial charge in [0.1, 0.15) is 5.82 Å². The lowest BCUT2D eigenvalue weighted by molar-refractivity contribution is 0.794. The topological polar surface area (TPSA) is 50.9 Å². The molecule has 0 aliphatic rings. The van der Waals surface area contributed by atoms with Crippen molar-refractivity contribution in [2.24, 2.45) is 0 Å². The molecule has 2 heterocycles. The third-order valence-electron chi connectivity index (χ3n) is 2.48. The Bertz CT molecular complexity index is 476. The average molecular weight is 247 g/mol. The van der Waals surface area contributed by atoms with E-state index < -0.39 is 0 Å². The van der Waals surface area contributed by atoms with E-state index in [0.717, 1.165) is 12.2 Å². The summed E-state index contributed by atoms with van der Waals surface area (Å²) < 4.78 is 0. The molecule has 0 amide bonds. The first-order chi connectivity index (χ1) is 8.13. The van der Waals surface area contributed by atoms with E-state index in [4.69, 9.17) is 5.73 Å². The van der Waals surface area contributed by atoms with Crippen LogP contribution in [-0.4, -0.2) is 11.0 Å². The molecule has 3 N–H and O–H groups in total. The minimum absolute atomic E-state index is 0.365. The number of nitrogens with zero attached hydrogens (tertiary/aromatic N) is 1. The van der Waals surface area contributed by atoms with Gasteiger partial charge in [-0.25, -0.2) is 4.98 Å². The van der Waals surface area contributed by atoms with Gasteiger partial charge in [-0.3, -0.25) is 0 Å². The van der Waals surface area contributed by atoms with Gasteiger partial charge in [-0.15, -0.1) is 11.3 Å². The van der Waals surface area contributed by atoms with E-state index in [1.807, 2.05) is 23.5 Å². The Morgan fingerprint density at radius 1 is 1.35 bits per heavy atom. The predicted molar refractivity (Wildman–Crippen MR) is 74.5 cm³/mol. The second-order valence-corrected chi connectivity index (χ2v) is 5.61. The van der Waals surface area contributed by atoms with E-state index in [0.29, 0.717) is 11.7 Å². The number of aryl methyl sites for hydroxylation is 1. The summed E-state index contributed by atoms with van der Waals surface area (Å²) >= 11 is 1.85. The molecule has 0 bridgehead atoms. The van der Waals surface area contributed by atoms with Crippen molar-refractivity contribution in [3.05, 3.63) is 40.2 Å². The highest BCUT2D eigenvalue weighted by molar-refractivity contribution is 7.11. The molecule has 1 unspecified atom stereocenters. The summed E-state index contributed by atoms with van der Waals surface area (Å²) in [6.45, 7) is 4.29. The molecule has 3 nitrogen and oxygen atoms in total. The van der Waals surface area contributed by atoms with Gasteiger partial charge >= 0.3 is 0 Å². The zero-order valence-electron chi connectivity index (χ0n) is 10.1. The van der Waals surface area contributed by atoms with E-state index in [1.165, 1.54) is 9.75 Å². The quantitative estimate of drug-likeness (QED) is 0.873. The largest absolute Gasteiger partial charge is 0.397 e.